The molecule has 1 aromatic rings. The number of hydrogen-bond acceptors (Lipinski definition) is 2. The van der Waals surface area contributed by atoms with Crippen molar-refractivity contribution in [2.75, 3.05) is 31.1 Å². The maximum absolute atomic E-state index is 12.0. The number of amides is 1. The van der Waals surface area contributed by atoms with Crippen molar-refractivity contribution in [1.82, 2.24) is 4.90 Å². The molecule has 1 aliphatic heterocycles. The second kappa shape index (κ2) is 7.32. The number of piperazine rings is 1. The molecule has 0 bridgehead atoms. The summed E-state index contributed by atoms with van der Waals surface area (Å²) in [5.41, 5.74) is 2.66. The summed E-state index contributed by atoms with van der Waals surface area (Å²) in [4.78, 5) is 16.4. The average molecular weight is 274 g/mol. The van der Waals surface area contributed by atoms with Crippen LogP contribution in [0.4, 0.5) is 5.69 Å². The van der Waals surface area contributed by atoms with Crippen molar-refractivity contribution in [3.63, 3.8) is 0 Å². The molecule has 0 radical (unpaired) electrons. The normalized spacial score (nSPS) is 15.5. The second-order valence-corrected chi connectivity index (χ2v) is 5.49. The van der Waals surface area contributed by atoms with E-state index in [0.29, 0.717) is 12.3 Å². The van der Waals surface area contributed by atoms with Crippen molar-refractivity contribution >= 4 is 11.6 Å². The molecule has 20 heavy (non-hydrogen) atoms. The van der Waals surface area contributed by atoms with Gasteiger partial charge in [0, 0.05) is 38.3 Å². The van der Waals surface area contributed by atoms with Gasteiger partial charge in [-0.25, -0.2) is 0 Å². The first kappa shape index (κ1) is 14.9. The topological polar surface area (TPSA) is 23.6 Å². The largest absolute Gasteiger partial charge is 0.368 e. The van der Waals surface area contributed by atoms with Crippen LogP contribution in [0.5, 0.6) is 0 Å². The maximum atomic E-state index is 12.0. The zero-order chi connectivity index (χ0) is 14.4. The summed E-state index contributed by atoms with van der Waals surface area (Å²) in [6.45, 7) is 7.92. The minimum atomic E-state index is 0.327. The van der Waals surface area contributed by atoms with Crippen molar-refractivity contribution < 1.29 is 4.79 Å². The zero-order valence-corrected chi connectivity index (χ0v) is 12.8. The lowest BCUT2D eigenvalue weighted by Gasteiger charge is -2.36. The fourth-order valence-corrected chi connectivity index (χ4v) is 2.64. The van der Waals surface area contributed by atoms with E-state index < -0.39 is 0 Å². The van der Waals surface area contributed by atoms with E-state index in [2.05, 4.69) is 43.0 Å². The Hall–Kier alpha value is -1.51. The van der Waals surface area contributed by atoms with Crippen LogP contribution in [0.3, 0.4) is 0 Å². The van der Waals surface area contributed by atoms with Crippen LogP contribution in [-0.2, 0) is 11.2 Å². The first-order chi connectivity index (χ1) is 9.74. The lowest BCUT2D eigenvalue weighted by Crippen LogP contribution is -2.48. The zero-order valence-electron chi connectivity index (χ0n) is 12.8. The Morgan fingerprint density at radius 3 is 2.25 bits per heavy atom. The van der Waals surface area contributed by atoms with Crippen LogP contribution >= 0.6 is 0 Å². The van der Waals surface area contributed by atoms with Gasteiger partial charge in [0.1, 0.15) is 0 Å². The van der Waals surface area contributed by atoms with Gasteiger partial charge in [-0.1, -0.05) is 32.4 Å². The SMILES string of the molecule is CCCCC(=O)N1CCN(c2ccc(CC)cc2)CC1. The predicted molar refractivity (Wildman–Crippen MR) is 84.1 cm³/mol. The Labute approximate surface area is 122 Å². The average Bonchev–Trinajstić information content (AvgIpc) is 2.53. The highest BCUT2D eigenvalue weighted by Crippen LogP contribution is 2.18. The molecule has 1 amide bonds. The van der Waals surface area contributed by atoms with Gasteiger partial charge >= 0.3 is 0 Å². The Kier molecular flexibility index (Phi) is 5.45. The van der Waals surface area contributed by atoms with E-state index in [4.69, 9.17) is 0 Å². The van der Waals surface area contributed by atoms with E-state index in [1.54, 1.807) is 0 Å². The number of aryl methyl sites for hydroxylation is 1. The summed E-state index contributed by atoms with van der Waals surface area (Å²) in [6, 6.07) is 8.81. The van der Waals surface area contributed by atoms with Crippen LogP contribution in [0.1, 0.15) is 38.7 Å². The van der Waals surface area contributed by atoms with Gasteiger partial charge in [0.15, 0.2) is 0 Å². The number of rotatable bonds is 5. The van der Waals surface area contributed by atoms with E-state index in [1.165, 1.54) is 11.3 Å². The highest BCUT2D eigenvalue weighted by Gasteiger charge is 2.20. The minimum absolute atomic E-state index is 0.327. The third kappa shape index (κ3) is 3.75. The molecule has 3 nitrogen and oxygen atoms in total. The first-order valence-corrected chi connectivity index (χ1v) is 7.86. The van der Waals surface area contributed by atoms with Crippen molar-refractivity contribution in [2.45, 2.75) is 39.5 Å². The molecule has 3 heteroatoms. The van der Waals surface area contributed by atoms with Crippen LogP contribution < -0.4 is 4.90 Å². The molecule has 0 atom stereocenters. The van der Waals surface area contributed by atoms with Crippen molar-refractivity contribution in [3.8, 4) is 0 Å². The Morgan fingerprint density at radius 1 is 1.05 bits per heavy atom. The standard InChI is InChI=1S/C17H26N2O/c1-3-5-6-17(20)19-13-11-18(12-14-19)16-9-7-15(4-2)8-10-16/h7-10H,3-6,11-14H2,1-2H3. The predicted octanol–water partition coefficient (Wildman–Crippen LogP) is 3.09. The number of benzene rings is 1. The molecule has 110 valence electrons. The monoisotopic (exact) mass is 274 g/mol. The number of hydrogen-bond donors (Lipinski definition) is 0. The summed E-state index contributed by atoms with van der Waals surface area (Å²) in [6.07, 6.45) is 3.90. The lowest BCUT2D eigenvalue weighted by molar-refractivity contribution is -0.131. The molecular formula is C17H26N2O. The van der Waals surface area contributed by atoms with Gasteiger partial charge in [-0.15, -0.1) is 0 Å². The summed E-state index contributed by atoms with van der Waals surface area (Å²) in [7, 11) is 0. The smallest absolute Gasteiger partial charge is 0.222 e. The number of anilines is 1. The number of unbranched alkanes of at least 4 members (excludes halogenated alkanes) is 1. The van der Waals surface area contributed by atoms with E-state index in [1.807, 2.05) is 4.90 Å². The van der Waals surface area contributed by atoms with Crippen LogP contribution in [0.2, 0.25) is 0 Å². The van der Waals surface area contributed by atoms with Gasteiger partial charge in [0.2, 0.25) is 5.91 Å². The van der Waals surface area contributed by atoms with Gasteiger partial charge in [0.05, 0.1) is 0 Å². The molecule has 1 aliphatic rings. The molecule has 1 fully saturated rings. The molecule has 0 N–H and O–H groups in total. The van der Waals surface area contributed by atoms with E-state index in [-0.39, 0.29) is 0 Å². The molecule has 0 saturated carbocycles. The van der Waals surface area contributed by atoms with Gasteiger partial charge in [-0.2, -0.15) is 0 Å². The molecule has 0 aliphatic carbocycles. The van der Waals surface area contributed by atoms with Gasteiger partial charge in [0.25, 0.3) is 0 Å². The van der Waals surface area contributed by atoms with E-state index in [9.17, 15) is 4.79 Å². The highest BCUT2D eigenvalue weighted by molar-refractivity contribution is 5.76. The van der Waals surface area contributed by atoms with Crippen molar-refractivity contribution in [1.29, 1.82) is 0 Å². The number of carbonyl (C=O) groups is 1. The van der Waals surface area contributed by atoms with Crippen LogP contribution in [0.15, 0.2) is 24.3 Å². The molecular weight excluding hydrogens is 248 g/mol. The molecule has 1 aromatic carbocycles. The van der Waals surface area contributed by atoms with E-state index >= 15 is 0 Å². The Morgan fingerprint density at radius 2 is 1.70 bits per heavy atom. The molecule has 1 saturated heterocycles. The number of nitrogens with zero attached hydrogens (tertiary/aromatic N) is 2. The quantitative estimate of drug-likeness (QED) is 0.824. The molecule has 0 spiro atoms. The third-order valence-electron chi connectivity index (χ3n) is 4.09. The van der Waals surface area contributed by atoms with Crippen molar-refractivity contribution in [3.05, 3.63) is 29.8 Å². The lowest BCUT2D eigenvalue weighted by atomic mass is 10.1. The van der Waals surface area contributed by atoms with Crippen LogP contribution in [-0.4, -0.2) is 37.0 Å². The number of carbonyl (C=O) groups excluding carboxylic acids is 1. The second-order valence-electron chi connectivity index (χ2n) is 5.49. The molecule has 2 rings (SSSR count). The fourth-order valence-electron chi connectivity index (χ4n) is 2.64. The summed E-state index contributed by atoms with van der Waals surface area (Å²) < 4.78 is 0. The van der Waals surface area contributed by atoms with Gasteiger partial charge in [-0.3, -0.25) is 4.79 Å². The summed E-state index contributed by atoms with van der Waals surface area (Å²) in [5.74, 6) is 0.327. The highest BCUT2D eigenvalue weighted by atomic mass is 16.2. The molecule has 0 aromatic heterocycles. The first-order valence-electron chi connectivity index (χ1n) is 7.86. The minimum Gasteiger partial charge on any atom is -0.368 e. The maximum Gasteiger partial charge on any atom is 0.222 e. The van der Waals surface area contributed by atoms with Gasteiger partial charge < -0.3 is 9.80 Å². The third-order valence-corrected chi connectivity index (χ3v) is 4.09. The summed E-state index contributed by atoms with van der Waals surface area (Å²) in [5, 5.41) is 0. The Bertz CT molecular complexity index is 419. The van der Waals surface area contributed by atoms with Crippen LogP contribution in [0.25, 0.3) is 0 Å². The molecule has 0 unspecified atom stereocenters. The van der Waals surface area contributed by atoms with Gasteiger partial charge in [-0.05, 0) is 30.5 Å². The van der Waals surface area contributed by atoms with Crippen LogP contribution in [0, 0.1) is 0 Å². The fraction of sp³-hybridized carbons (Fsp3) is 0.588. The Balaban J connectivity index is 1.85. The summed E-state index contributed by atoms with van der Waals surface area (Å²) >= 11 is 0. The molecule has 1 heterocycles. The van der Waals surface area contributed by atoms with E-state index in [0.717, 1.165) is 45.4 Å². The van der Waals surface area contributed by atoms with Crippen molar-refractivity contribution in [2.24, 2.45) is 0 Å².